The first-order valence-corrected chi connectivity index (χ1v) is 7.63. The fourth-order valence-electron chi connectivity index (χ4n) is 3.41. The van der Waals surface area contributed by atoms with Crippen molar-refractivity contribution in [1.29, 1.82) is 0 Å². The number of rotatable bonds is 3. The molecule has 0 aromatic heterocycles. The van der Waals surface area contributed by atoms with Gasteiger partial charge in [0.1, 0.15) is 4.87 Å². The largest absolute Gasteiger partial charge is 0.336 e. The first-order valence-electron chi connectivity index (χ1n) is 6.71. The number of carbonyl (C=O) groups excluding carboxylic acids is 1. The molecule has 0 spiro atoms. The second-order valence-corrected chi connectivity index (χ2v) is 6.67. The Morgan fingerprint density at radius 2 is 2.05 bits per heavy atom. The molecule has 102 valence electrons. The molecule has 0 radical (unpaired) electrons. The highest BCUT2D eigenvalue weighted by molar-refractivity contribution is 6.36. The van der Waals surface area contributed by atoms with Gasteiger partial charge < -0.3 is 4.90 Å². The van der Waals surface area contributed by atoms with Gasteiger partial charge in [-0.25, -0.2) is 0 Å². The van der Waals surface area contributed by atoms with Gasteiger partial charge in [-0.1, -0.05) is 30.3 Å². The summed E-state index contributed by atoms with van der Waals surface area (Å²) in [6.45, 7) is 1.43. The molecule has 3 rings (SSSR count). The Labute approximate surface area is 123 Å². The molecule has 1 aliphatic heterocycles. The van der Waals surface area contributed by atoms with Crippen LogP contribution in [0.3, 0.4) is 0 Å². The Hall–Kier alpha value is -0.730. The average Bonchev–Trinajstić information content (AvgIpc) is 2.86. The first kappa shape index (κ1) is 13.3. The zero-order valence-electron chi connectivity index (χ0n) is 10.7. The molecule has 2 aliphatic rings. The summed E-state index contributed by atoms with van der Waals surface area (Å²) in [6.07, 6.45) is 1.71. The predicted octanol–water partition coefficient (Wildman–Crippen LogP) is 3.27. The van der Waals surface area contributed by atoms with E-state index in [0.29, 0.717) is 18.3 Å². The molecule has 0 bridgehead atoms. The number of alkyl halides is 2. The molecule has 1 aromatic carbocycles. The van der Waals surface area contributed by atoms with Gasteiger partial charge in [-0.05, 0) is 24.3 Å². The van der Waals surface area contributed by atoms with E-state index in [1.54, 1.807) is 0 Å². The number of hydrogen-bond donors (Lipinski definition) is 0. The zero-order chi connectivity index (χ0) is 13.5. The predicted molar refractivity (Wildman–Crippen MR) is 77.4 cm³/mol. The molecule has 1 saturated heterocycles. The Morgan fingerprint density at radius 3 is 2.68 bits per heavy atom. The third kappa shape index (κ3) is 2.25. The van der Waals surface area contributed by atoms with E-state index in [0.717, 1.165) is 24.9 Å². The molecule has 4 heteroatoms. The van der Waals surface area contributed by atoms with Gasteiger partial charge in [-0.2, -0.15) is 0 Å². The minimum absolute atomic E-state index is 0.0932. The maximum absolute atomic E-state index is 12.5. The van der Waals surface area contributed by atoms with Crippen LogP contribution in [0.25, 0.3) is 0 Å². The van der Waals surface area contributed by atoms with Gasteiger partial charge in [0.15, 0.2) is 0 Å². The van der Waals surface area contributed by atoms with Crippen molar-refractivity contribution in [2.24, 2.45) is 11.8 Å². The van der Waals surface area contributed by atoms with Gasteiger partial charge in [0.2, 0.25) is 5.91 Å². The van der Waals surface area contributed by atoms with Crippen LogP contribution in [0, 0.1) is 11.8 Å². The number of benzene rings is 1. The number of carbonyl (C=O) groups is 1. The van der Waals surface area contributed by atoms with Crippen molar-refractivity contribution in [1.82, 2.24) is 4.90 Å². The highest BCUT2D eigenvalue weighted by Gasteiger charge is 2.57. The molecular weight excluding hydrogens is 281 g/mol. The highest BCUT2D eigenvalue weighted by Crippen LogP contribution is 2.50. The van der Waals surface area contributed by atoms with E-state index in [1.165, 1.54) is 0 Å². The zero-order valence-corrected chi connectivity index (χ0v) is 12.2. The van der Waals surface area contributed by atoms with Crippen LogP contribution in [-0.2, 0) is 11.3 Å². The van der Waals surface area contributed by atoms with E-state index in [-0.39, 0.29) is 11.8 Å². The summed E-state index contributed by atoms with van der Waals surface area (Å²) in [5.41, 5.74) is 1.16. The molecule has 1 aliphatic carbocycles. The van der Waals surface area contributed by atoms with Crippen LogP contribution in [0.5, 0.6) is 0 Å². The molecule has 1 aromatic rings. The second kappa shape index (κ2) is 4.99. The quantitative estimate of drug-likeness (QED) is 0.784. The van der Waals surface area contributed by atoms with Crippen molar-refractivity contribution in [3.63, 3.8) is 0 Å². The summed E-state index contributed by atoms with van der Waals surface area (Å²) >= 11 is 12.5. The smallest absolute Gasteiger partial charge is 0.244 e. The lowest BCUT2D eigenvalue weighted by atomic mass is 9.99. The van der Waals surface area contributed by atoms with Crippen molar-refractivity contribution < 1.29 is 4.79 Å². The number of fused-ring (bicyclic) bond motifs is 1. The first-order chi connectivity index (χ1) is 9.13. The number of halogens is 2. The minimum atomic E-state index is -0.686. The van der Waals surface area contributed by atoms with E-state index < -0.39 is 4.87 Å². The SMILES string of the molecule is O=C1N(Cc2ccccc2)C[C@@H]2C[C@H](CCl)C[C@]12Cl. The Morgan fingerprint density at radius 1 is 1.32 bits per heavy atom. The molecule has 3 atom stereocenters. The molecule has 0 unspecified atom stereocenters. The van der Waals surface area contributed by atoms with Crippen molar-refractivity contribution in [3.05, 3.63) is 35.9 Å². The fourth-order valence-corrected chi connectivity index (χ4v) is 4.14. The van der Waals surface area contributed by atoms with Crippen LogP contribution in [0.15, 0.2) is 30.3 Å². The lowest BCUT2D eigenvalue weighted by molar-refractivity contribution is -0.130. The van der Waals surface area contributed by atoms with E-state index in [2.05, 4.69) is 0 Å². The van der Waals surface area contributed by atoms with E-state index in [1.807, 2.05) is 35.2 Å². The number of amides is 1. The van der Waals surface area contributed by atoms with Gasteiger partial charge >= 0.3 is 0 Å². The summed E-state index contributed by atoms with van der Waals surface area (Å²) in [6, 6.07) is 10.1. The maximum Gasteiger partial charge on any atom is 0.244 e. The Balaban J connectivity index is 1.74. The molecular formula is C15H17Cl2NO. The molecule has 1 heterocycles. The van der Waals surface area contributed by atoms with Crippen LogP contribution in [0.4, 0.5) is 0 Å². The van der Waals surface area contributed by atoms with E-state index in [9.17, 15) is 4.79 Å². The molecule has 2 nitrogen and oxygen atoms in total. The van der Waals surface area contributed by atoms with Crippen molar-refractivity contribution in [3.8, 4) is 0 Å². The topological polar surface area (TPSA) is 20.3 Å². The van der Waals surface area contributed by atoms with Crippen LogP contribution in [0.1, 0.15) is 18.4 Å². The Bertz CT molecular complexity index is 478. The van der Waals surface area contributed by atoms with Gasteiger partial charge in [0.05, 0.1) is 0 Å². The third-order valence-electron chi connectivity index (χ3n) is 4.37. The molecule has 1 amide bonds. The summed E-state index contributed by atoms with van der Waals surface area (Å²) < 4.78 is 0. The monoisotopic (exact) mass is 297 g/mol. The van der Waals surface area contributed by atoms with E-state index >= 15 is 0 Å². The van der Waals surface area contributed by atoms with Crippen LogP contribution >= 0.6 is 23.2 Å². The molecule has 2 fully saturated rings. The van der Waals surface area contributed by atoms with E-state index in [4.69, 9.17) is 23.2 Å². The second-order valence-electron chi connectivity index (χ2n) is 5.69. The van der Waals surface area contributed by atoms with Gasteiger partial charge in [0, 0.05) is 24.9 Å². The molecule has 0 N–H and O–H groups in total. The van der Waals surface area contributed by atoms with Gasteiger partial charge in [-0.3, -0.25) is 4.79 Å². The van der Waals surface area contributed by atoms with Crippen LogP contribution in [-0.4, -0.2) is 28.1 Å². The molecule has 1 saturated carbocycles. The van der Waals surface area contributed by atoms with Crippen molar-refractivity contribution in [2.75, 3.05) is 12.4 Å². The van der Waals surface area contributed by atoms with Crippen molar-refractivity contribution in [2.45, 2.75) is 24.3 Å². The molecule has 19 heavy (non-hydrogen) atoms. The number of hydrogen-bond acceptors (Lipinski definition) is 1. The number of nitrogens with zero attached hydrogens (tertiary/aromatic N) is 1. The fraction of sp³-hybridized carbons (Fsp3) is 0.533. The average molecular weight is 298 g/mol. The highest BCUT2D eigenvalue weighted by atomic mass is 35.5. The number of likely N-dealkylation sites (tertiary alicyclic amines) is 1. The van der Waals surface area contributed by atoms with Crippen LogP contribution < -0.4 is 0 Å². The van der Waals surface area contributed by atoms with Gasteiger partial charge in [0.25, 0.3) is 0 Å². The summed E-state index contributed by atoms with van der Waals surface area (Å²) in [7, 11) is 0. The standard InChI is InChI=1S/C15H17Cl2NO/c16-8-12-6-13-10-18(14(19)15(13,17)7-12)9-11-4-2-1-3-5-11/h1-5,12-13H,6-10H2/t12-,13-,15+/m0/s1. The maximum atomic E-state index is 12.5. The van der Waals surface area contributed by atoms with Crippen LogP contribution in [0.2, 0.25) is 0 Å². The summed E-state index contributed by atoms with van der Waals surface area (Å²) in [5, 5.41) is 0. The lowest BCUT2D eigenvalue weighted by Gasteiger charge is -2.21. The third-order valence-corrected chi connectivity index (χ3v) is 5.43. The minimum Gasteiger partial charge on any atom is -0.336 e. The lowest BCUT2D eigenvalue weighted by Crippen LogP contribution is -2.36. The van der Waals surface area contributed by atoms with Crippen molar-refractivity contribution >= 4 is 29.1 Å². The van der Waals surface area contributed by atoms with Gasteiger partial charge in [-0.15, -0.1) is 23.2 Å². The Kier molecular flexibility index (Phi) is 3.48. The normalized spacial score (nSPS) is 33.8. The summed E-state index contributed by atoms with van der Waals surface area (Å²) in [5.74, 6) is 1.36. The summed E-state index contributed by atoms with van der Waals surface area (Å²) in [4.78, 5) is 13.7.